The Morgan fingerprint density at radius 1 is 1.06 bits per heavy atom. The summed E-state index contributed by atoms with van der Waals surface area (Å²) in [5, 5.41) is 7.14. The topological polar surface area (TPSA) is 75.2 Å². The predicted molar refractivity (Wildman–Crippen MR) is 136 cm³/mol. The van der Waals surface area contributed by atoms with Crippen LogP contribution < -0.4 is 10.2 Å². The molecule has 0 atom stereocenters. The van der Waals surface area contributed by atoms with Gasteiger partial charge in [0, 0.05) is 29.3 Å². The molecule has 0 aliphatic carbocycles. The lowest BCUT2D eigenvalue weighted by Gasteiger charge is -2.18. The molecule has 2 aromatic heterocycles. The first-order chi connectivity index (χ1) is 16.4. The zero-order valence-corrected chi connectivity index (χ0v) is 20.1. The molecular formula is C25H21FN4O2S2. The minimum absolute atomic E-state index is 0.126. The summed E-state index contributed by atoms with van der Waals surface area (Å²) >= 11 is 2.53. The zero-order valence-electron chi connectivity index (χ0n) is 18.5. The van der Waals surface area contributed by atoms with E-state index in [1.54, 1.807) is 17.5 Å². The van der Waals surface area contributed by atoms with E-state index in [0.717, 1.165) is 17.7 Å². The molecule has 0 fully saturated rings. The Labute approximate surface area is 204 Å². The fourth-order valence-corrected chi connectivity index (χ4v) is 4.75. The number of carbonyl (C=O) groups is 2. The van der Waals surface area contributed by atoms with Crippen LogP contribution in [0.2, 0.25) is 0 Å². The van der Waals surface area contributed by atoms with Gasteiger partial charge >= 0.3 is 0 Å². The van der Waals surface area contributed by atoms with Crippen molar-refractivity contribution < 1.29 is 14.0 Å². The van der Waals surface area contributed by atoms with Crippen LogP contribution in [-0.4, -0.2) is 21.8 Å². The fourth-order valence-electron chi connectivity index (χ4n) is 3.18. The molecular weight excluding hydrogens is 471 g/mol. The van der Waals surface area contributed by atoms with Crippen LogP contribution in [0.1, 0.15) is 25.1 Å². The van der Waals surface area contributed by atoms with Gasteiger partial charge in [0.15, 0.2) is 10.3 Å². The number of amides is 2. The average molecular weight is 493 g/mol. The van der Waals surface area contributed by atoms with Crippen molar-refractivity contribution in [2.24, 2.45) is 0 Å². The van der Waals surface area contributed by atoms with Gasteiger partial charge in [-0.2, -0.15) is 0 Å². The SMILES string of the molecule is CCc1ccc(-c2csc(NC(=O)/C=C/c3csc(N(C(C)=O)c4ccccc4F)n3)n2)cc1. The third-order valence-electron chi connectivity index (χ3n) is 4.91. The molecule has 9 heteroatoms. The van der Waals surface area contributed by atoms with Crippen LogP contribution in [0.25, 0.3) is 17.3 Å². The molecule has 172 valence electrons. The van der Waals surface area contributed by atoms with Crippen molar-refractivity contribution in [3.05, 3.63) is 82.4 Å². The van der Waals surface area contributed by atoms with Crippen molar-refractivity contribution in [3.8, 4) is 11.3 Å². The Bertz CT molecular complexity index is 1340. The lowest BCUT2D eigenvalue weighted by Crippen LogP contribution is -2.23. The van der Waals surface area contributed by atoms with E-state index in [0.29, 0.717) is 16.0 Å². The molecule has 1 N–H and O–H groups in total. The average Bonchev–Trinajstić information content (AvgIpc) is 3.49. The van der Waals surface area contributed by atoms with Crippen LogP contribution in [-0.2, 0) is 16.0 Å². The number of carbonyl (C=O) groups excluding carboxylic acids is 2. The summed E-state index contributed by atoms with van der Waals surface area (Å²) in [4.78, 5) is 34.6. The van der Waals surface area contributed by atoms with Gasteiger partial charge in [-0.25, -0.2) is 14.4 Å². The van der Waals surface area contributed by atoms with Gasteiger partial charge < -0.3 is 0 Å². The molecule has 0 radical (unpaired) electrons. The first-order valence-corrected chi connectivity index (χ1v) is 12.2. The number of nitrogens with one attached hydrogen (secondary N) is 1. The second kappa shape index (κ2) is 10.5. The summed E-state index contributed by atoms with van der Waals surface area (Å²) in [5.74, 6) is -1.24. The minimum atomic E-state index is -0.520. The number of aryl methyl sites for hydroxylation is 1. The number of anilines is 3. The number of benzene rings is 2. The van der Waals surface area contributed by atoms with Crippen LogP contribution >= 0.6 is 22.7 Å². The van der Waals surface area contributed by atoms with Crippen molar-refractivity contribution in [2.75, 3.05) is 10.2 Å². The Morgan fingerprint density at radius 2 is 1.82 bits per heavy atom. The largest absolute Gasteiger partial charge is 0.298 e. The van der Waals surface area contributed by atoms with Crippen LogP contribution in [0, 0.1) is 5.82 Å². The van der Waals surface area contributed by atoms with Crippen molar-refractivity contribution in [1.82, 2.24) is 9.97 Å². The Kier molecular flexibility index (Phi) is 7.24. The monoisotopic (exact) mass is 492 g/mol. The van der Waals surface area contributed by atoms with Gasteiger partial charge in [-0.15, -0.1) is 22.7 Å². The number of hydrogen-bond donors (Lipinski definition) is 1. The molecule has 6 nitrogen and oxygen atoms in total. The molecule has 34 heavy (non-hydrogen) atoms. The summed E-state index contributed by atoms with van der Waals surface area (Å²) in [7, 11) is 0. The van der Waals surface area contributed by atoms with Gasteiger partial charge in [-0.1, -0.05) is 43.3 Å². The lowest BCUT2D eigenvalue weighted by atomic mass is 10.1. The van der Waals surface area contributed by atoms with Gasteiger partial charge in [-0.3, -0.25) is 19.8 Å². The highest BCUT2D eigenvalue weighted by Gasteiger charge is 2.20. The molecule has 4 rings (SSSR count). The van der Waals surface area contributed by atoms with Gasteiger partial charge in [0.05, 0.1) is 17.1 Å². The van der Waals surface area contributed by atoms with E-state index in [1.807, 2.05) is 17.5 Å². The molecule has 0 aliphatic rings. The number of rotatable bonds is 7. The highest BCUT2D eigenvalue weighted by atomic mass is 32.1. The fraction of sp³-hybridized carbons (Fsp3) is 0.120. The van der Waals surface area contributed by atoms with Crippen molar-refractivity contribution in [2.45, 2.75) is 20.3 Å². The summed E-state index contributed by atoms with van der Waals surface area (Å²) in [5.41, 5.74) is 3.65. The van der Waals surface area contributed by atoms with E-state index < -0.39 is 5.82 Å². The highest BCUT2D eigenvalue weighted by molar-refractivity contribution is 7.14. The van der Waals surface area contributed by atoms with Crippen LogP contribution in [0.5, 0.6) is 0 Å². The maximum atomic E-state index is 14.2. The molecule has 0 saturated heterocycles. The smallest absolute Gasteiger partial charge is 0.250 e. The zero-order chi connectivity index (χ0) is 24.1. The first kappa shape index (κ1) is 23.5. The van der Waals surface area contributed by atoms with Crippen molar-refractivity contribution in [3.63, 3.8) is 0 Å². The molecule has 0 aliphatic heterocycles. The Balaban J connectivity index is 1.42. The van der Waals surface area contributed by atoms with Gasteiger partial charge in [0.2, 0.25) is 11.8 Å². The maximum Gasteiger partial charge on any atom is 0.250 e. The number of hydrogen-bond acceptors (Lipinski definition) is 6. The van der Waals surface area contributed by atoms with Crippen LogP contribution in [0.4, 0.5) is 20.3 Å². The second-order valence-corrected chi connectivity index (χ2v) is 8.97. The molecule has 0 unspecified atom stereocenters. The molecule has 0 saturated carbocycles. The molecule has 0 bridgehead atoms. The first-order valence-electron chi connectivity index (χ1n) is 10.5. The summed E-state index contributed by atoms with van der Waals surface area (Å²) < 4.78 is 14.2. The Morgan fingerprint density at radius 3 is 2.53 bits per heavy atom. The van der Waals surface area contributed by atoms with Crippen molar-refractivity contribution >= 4 is 56.5 Å². The Hall–Kier alpha value is -3.69. The summed E-state index contributed by atoms with van der Waals surface area (Å²) in [6.45, 7) is 3.45. The molecule has 2 aromatic carbocycles. The van der Waals surface area contributed by atoms with E-state index in [2.05, 4.69) is 34.3 Å². The quantitative estimate of drug-likeness (QED) is 0.307. The number of para-hydroxylation sites is 1. The third-order valence-corrected chi connectivity index (χ3v) is 6.51. The van der Waals surface area contributed by atoms with Crippen LogP contribution in [0.15, 0.2) is 65.4 Å². The maximum absolute atomic E-state index is 14.2. The second-order valence-electron chi connectivity index (χ2n) is 7.27. The van der Waals surface area contributed by atoms with E-state index in [4.69, 9.17) is 0 Å². The summed E-state index contributed by atoms with van der Waals surface area (Å²) in [6, 6.07) is 14.2. The standard InChI is InChI=1S/C25H21FN4O2S2/c1-3-17-8-10-18(11-9-17)21-15-33-24(28-21)29-23(32)13-12-19-14-34-25(27-19)30(16(2)31)22-7-5-4-6-20(22)26/h4-15H,3H2,1-2H3,(H,28,29,32)/b13-12+. The van der Waals surface area contributed by atoms with Gasteiger partial charge in [0.25, 0.3) is 0 Å². The van der Waals surface area contributed by atoms with Gasteiger partial charge in [-0.05, 0) is 30.2 Å². The number of aromatic nitrogens is 2. The third kappa shape index (κ3) is 5.44. The van der Waals surface area contributed by atoms with E-state index in [9.17, 15) is 14.0 Å². The van der Waals surface area contributed by atoms with Crippen molar-refractivity contribution in [1.29, 1.82) is 0 Å². The van der Waals surface area contributed by atoms with Gasteiger partial charge in [0.1, 0.15) is 5.82 Å². The number of nitrogens with zero attached hydrogens (tertiary/aromatic N) is 3. The van der Waals surface area contributed by atoms with E-state index in [1.165, 1.54) is 64.3 Å². The molecule has 2 heterocycles. The minimum Gasteiger partial charge on any atom is -0.298 e. The van der Waals surface area contributed by atoms with E-state index in [-0.39, 0.29) is 17.5 Å². The molecule has 0 spiro atoms. The number of thiazole rings is 2. The van der Waals surface area contributed by atoms with E-state index >= 15 is 0 Å². The lowest BCUT2D eigenvalue weighted by molar-refractivity contribution is -0.116. The normalized spacial score (nSPS) is 11.0. The molecule has 4 aromatic rings. The van der Waals surface area contributed by atoms with Crippen LogP contribution in [0.3, 0.4) is 0 Å². The summed E-state index contributed by atoms with van der Waals surface area (Å²) in [6.07, 6.45) is 3.85. The predicted octanol–water partition coefficient (Wildman–Crippen LogP) is 6.30. The highest BCUT2D eigenvalue weighted by Crippen LogP contribution is 2.31. The number of halogens is 1. The molecule has 2 amide bonds.